The fourth-order valence-corrected chi connectivity index (χ4v) is 2.36. The second-order valence-electron chi connectivity index (χ2n) is 4.55. The number of rotatable bonds is 2. The van der Waals surface area contributed by atoms with Crippen molar-refractivity contribution in [1.82, 2.24) is 25.1 Å². The summed E-state index contributed by atoms with van der Waals surface area (Å²) in [6, 6.07) is 4.02. The van der Waals surface area contributed by atoms with Gasteiger partial charge in [-0.05, 0) is 37.9 Å². The van der Waals surface area contributed by atoms with Gasteiger partial charge in [0.05, 0.1) is 5.69 Å². The fraction of sp³-hybridized carbons (Fsp3) is 0.583. The van der Waals surface area contributed by atoms with Crippen LogP contribution in [0.25, 0.3) is 5.65 Å². The van der Waals surface area contributed by atoms with Crippen molar-refractivity contribution in [1.29, 1.82) is 0 Å². The maximum atomic E-state index is 4.59. The van der Waals surface area contributed by atoms with Crippen molar-refractivity contribution in [2.75, 3.05) is 13.1 Å². The number of nitrogens with one attached hydrogen (secondary N) is 1. The van der Waals surface area contributed by atoms with Gasteiger partial charge in [0.1, 0.15) is 0 Å². The highest BCUT2D eigenvalue weighted by molar-refractivity contribution is 5.36. The molecule has 0 saturated carbocycles. The Balaban J connectivity index is 2.02. The van der Waals surface area contributed by atoms with E-state index in [2.05, 4.69) is 27.5 Å². The minimum Gasteiger partial charge on any atom is -0.316 e. The number of aromatic nitrogens is 4. The lowest BCUT2D eigenvalue weighted by molar-refractivity contribution is 0.440. The summed E-state index contributed by atoms with van der Waals surface area (Å²) in [4.78, 5) is 0. The van der Waals surface area contributed by atoms with E-state index in [0.29, 0.717) is 5.92 Å². The number of hydrogen-bond donors (Lipinski definition) is 1. The largest absolute Gasteiger partial charge is 0.316 e. The predicted octanol–water partition coefficient (Wildman–Crippen LogP) is 1.15. The minimum absolute atomic E-state index is 0.443. The van der Waals surface area contributed by atoms with Crippen molar-refractivity contribution in [2.24, 2.45) is 0 Å². The maximum Gasteiger partial charge on any atom is 0.177 e. The van der Waals surface area contributed by atoms with Gasteiger partial charge in [0.25, 0.3) is 0 Å². The topological polar surface area (TPSA) is 55.1 Å². The first-order valence-corrected chi connectivity index (χ1v) is 6.30. The Hall–Kier alpha value is -1.49. The molecule has 1 unspecified atom stereocenters. The molecule has 0 aromatic carbocycles. The summed E-state index contributed by atoms with van der Waals surface area (Å²) in [5.74, 6) is 1.45. The van der Waals surface area contributed by atoms with Gasteiger partial charge in [-0.3, -0.25) is 0 Å². The zero-order chi connectivity index (χ0) is 11.7. The third kappa shape index (κ3) is 1.91. The average Bonchev–Trinajstić information content (AvgIpc) is 2.82. The molecule has 1 aliphatic heterocycles. The third-order valence-corrected chi connectivity index (χ3v) is 3.37. The lowest BCUT2D eigenvalue weighted by Gasteiger charge is -2.20. The summed E-state index contributed by atoms with van der Waals surface area (Å²) in [5.41, 5.74) is 1.94. The molecule has 1 aliphatic rings. The molecule has 3 heterocycles. The summed E-state index contributed by atoms with van der Waals surface area (Å²) in [6.45, 7) is 4.21. The molecule has 0 bridgehead atoms. The number of nitrogens with zero attached hydrogens (tertiary/aromatic N) is 4. The van der Waals surface area contributed by atoms with Gasteiger partial charge in [0.2, 0.25) is 0 Å². The zero-order valence-corrected chi connectivity index (χ0v) is 10.1. The molecule has 0 spiro atoms. The van der Waals surface area contributed by atoms with Crippen molar-refractivity contribution in [3.63, 3.8) is 0 Å². The van der Waals surface area contributed by atoms with Gasteiger partial charge in [-0.25, -0.2) is 0 Å². The molecule has 0 aliphatic carbocycles. The molecule has 2 aromatic heterocycles. The summed E-state index contributed by atoms with van der Waals surface area (Å²) in [6.07, 6.45) is 3.31. The van der Waals surface area contributed by atoms with Crippen LogP contribution >= 0.6 is 0 Å². The molecule has 0 amide bonds. The Morgan fingerprint density at radius 2 is 2.35 bits per heavy atom. The summed E-state index contributed by atoms with van der Waals surface area (Å²) < 4.78 is 1.91. The van der Waals surface area contributed by atoms with E-state index in [1.807, 2.05) is 16.6 Å². The second-order valence-corrected chi connectivity index (χ2v) is 4.55. The van der Waals surface area contributed by atoms with Crippen LogP contribution < -0.4 is 5.32 Å². The van der Waals surface area contributed by atoms with Gasteiger partial charge in [0, 0.05) is 12.5 Å². The molecule has 90 valence electrons. The number of hydrogen-bond acceptors (Lipinski definition) is 4. The molecule has 1 atom stereocenters. The molecular formula is C12H17N5. The first-order chi connectivity index (χ1) is 8.38. The van der Waals surface area contributed by atoms with Gasteiger partial charge in [0.15, 0.2) is 11.5 Å². The summed E-state index contributed by atoms with van der Waals surface area (Å²) in [7, 11) is 0. The Kier molecular flexibility index (Phi) is 2.76. The van der Waals surface area contributed by atoms with Crippen LogP contribution in [-0.4, -0.2) is 32.9 Å². The molecule has 5 heteroatoms. The highest BCUT2D eigenvalue weighted by atomic mass is 15.4. The maximum absolute atomic E-state index is 4.59. The smallest absolute Gasteiger partial charge is 0.177 e. The van der Waals surface area contributed by atoms with Gasteiger partial charge >= 0.3 is 0 Å². The van der Waals surface area contributed by atoms with E-state index in [4.69, 9.17) is 0 Å². The van der Waals surface area contributed by atoms with E-state index in [-0.39, 0.29) is 0 Å². The number of piperidine rings is 1. The molecule has 17 heavy (non-hydrogen) atoms. The highest BCUT2D eigenvalue weighted by Crippen LogP contribution is 2.21. The van der Waals surface area contributed by atoms with Crippen molar-refractivity contribution in [2.45, 2.75) is 32.1 Å². The number of fused-ring (bicyclic) bond motifs is 1. The van der Waals surface area contributed by atoms with Crippen LogP contribution in [0.15, 0.2) is 12.1 Å². The normalized spacial score (nSPS) is 20.9. The van der Waals surface area contributed by atoms with Crippen LogP contribution in [0.5, 0.6) is 0 Å². The van der Waals surface area contributed by atoms with Gasteiger partial charge in [-0.2, -0.15) is 9.61 Å². The summed E-state index contributed by atoms with van der Waals surface area (Å²) in [5, 5.41) is 16.5. The fourth-order valence-electron chi connectivity index (χ4n) is 2.36. The molecule has 1 fully saturated rings. The molecule has 3 rings (SSSR count). The van der Waals surface area contributed by atoms with Crippen LogP contribution in [0.4, 0.5) is 0 Å². The SMILES string of the molecule is CCc1ccc2nnc(C3CCCNC3)n2n1. The van der Waals surface area contributed by atoms with Gasteiger partial charge < -0.3 is 5.32 Å². The lowest BCUT2D eigenvalue weighted by Crippen LogP contribution is -2.29. The molecule has 2 aromatic rings. The molecule has 0 radical (unpaired) electrons. The van der Waals surface area contributed by atoms with Crippen molar-refractivity contribution < 1.29 is 0 Å². The minimum atomic E-state index is 0.443. The molecule has 5 nitrogen and oxygen atoms in total. The van der Waals surface area contributed by atoms with Crippen LogP contribution in [0.1, 0.15) is 37.2 Å². The summed E-state index contributed by atoms with van der Waals surface area (Å²) >= 11 is 0. The molecule has 1 saturated heterocycles. The standard InChI is InChI=1S/C12H17N5/c1-2-10-5-6-11-14-15-12(17(11)16-10)9-4-3-7-13-8-9/h5-6,9,13H,2-4,7-8H2,1H3. The Morgan fingerprint density at radius 3 is 3.12 bits per heavy atom. The lowest BCUT2D eigenvalue weighted by atomic mass is 9.99. The van der Waals surface area contributed by atoms with Crippen LogP contribution in [0.2, 0.25) is 0 Å². The van der Waals surface area contributed by atoms with E-state index in [9.17, 15) is 0 Å². The predicted molar refractivity (Wildman–Crippen MR) is 65.0 cm³/mol. The van der Waals surface area contributed by atoms with Crippen molar-refractivity contribution in [3.8, 4) is 0 Å². The first kappa shape index (κ1) is 10.7. The second kappa shape index (κ2) is 4.41. The van der Waals surface area contributed by atoms with E-state index < -0.39 is 0 Å². The Bertz CT molecular complexity index is 513. The first-order valence-electron chi connectivity index (χ1n) is 6.30. The van der Waals surface area contributed by atoms with E-state index in [1.54, 1.807) is 0 Å². The van der Waals surface area contributed by atoms with Gasteiger partial charge in [-0.15, -0.1) is 10.2 Å². The molecular weight excluding hydrogens is 214 g/mol. The van der Waals surface area contributed by atoms with E-state index in [1.165, 1.54) is 12.8 Å². The third-order valence-electron chi connectivity index (χ3n) is 3.37. The van der Waals surface area contributed by atoms with E-state index in [0.717, 1.165) is 36.7 Å². The highest BCUT2D eigenvalue weighted by Gasteiger charge is 2.21. The van der Waals surface area contributed by atoms with Crippen LogP contribution in [0.3, 0.4) is 0 Å². The van der Waals surface area contributed by atoms with Crippen molar-refractivity contribution >= 4 is 5.65 Å². The van der Waals surface area contributed by atoms with E-state index >= 15 is 0 Å². The van der Waals surface area contributed by atoms with Crippen LogP contribution in [0, 0.1) is 0 Å². The Labute approximate surface area is 100 Å². The van der Waals surface area contributed by atoms with Crippen molar-refractivity contribution in [3.05, 3.63) is 23.7 Å². The van der Waals surface area contributed by atoms with Crippen LogP contribution in [-0.2, 0) is 6.42 Å². The zero-order valence-electron chi connectivity index (χ0n) is 10.1. The Morgan fingerprint density at radius 1 is 1.41 bits per heavy atom. The average molecular weight is 231 g/mol. The van der Waals surface area contributed by atoms with Gasteiger partial charge in [-0.1, -0.05) is 6.92 Å². The number of aryl methyl sites for hydroxylation is 1. The molecule has 1 N–H and O–H groups in total. The quantitative estimate of drug-likeness (QED) is 0.842. The monoisotopic (exact) mass is 231 g/mol.